The number of benzene rings is 2. The molecule has 2 N–H and O–H groups in total. The summed E-state index contributed by atoms with van der Waals surface area (Å²) in [5.41, 5.74) is 1.69. The predicted octanol–water partition coefficient (Wildman–Crippen LogP) is 2.63. The third-order valence-electron chi connectivity index (χ3n) is 3.31. The van der Waals surface area contributed by atoms with E-state index in [1.807, 2.05) is 30.3 Å². The molecule has 2 rings (SSSR count). The van der Waals surface area contributed by atoms with Gasteiger partial charge in [0.25, 0.3) is 0 Å². The number of carbonyl (C=O) groups is 3. The zero-order valence-electron chi connectivity index (χ0n) is 14.4. The number of amides is 2. The van der Waals surface area contributed by atoms with Crippen molar-refractivity contribution in [3.8, 4) is 0 Å². The standard InChI is InChI=1S/C20H20N2O4/c1-2-26-20(25)16-9-6-10-17(13-16)22-19(24)14-21-18(23)12-11-15-7-4-3-5-8-15/h3-13H,2,14H2,1H3,(H,21,23)(H,22,24)/b12-11+. The van der Waals surface area contributed by atoms with Crippen LogP contribution in [0.3, 0.4) is 0 Å². The highest BCUT2D eigenvalue weighted by atomic mass is 16.5. The van der Waals surface area contributed by atoms with Gasteiger partial charge in [0.1, 0.15) is 0 Å². The van der Waals surface area contributed by atoms with Gasteiger partial charge in [-0.05, 0) is 36.8 Å². The number of hydrogen-bond acceptors (Lipinski definition) is 4. The van der Waals surface area contributed by atoms with Crippen molar-refractivity contribution in [2.45, 2.75) is 6.92 Å². The van der Waals surface area contributed by atoms with Crippen molar-refractivity contribution in [1.29, 1.82) is 0 Å². The van der Waals surface area contributed by atoms with Gasteiger partial charge in [-0.15, -0.1) is 0 Å². The van der Waals surface area contributed by atoms with E-state index in [1.54, 1.807) is 31.2 Å². The molecular formula is C20H20N2O4. The van der Waals surface area contributed by atoms with E-state index in [4.69, 9.17) is 4.74 Å². The molecule has 6 heteroatoms. The van der Waals surface area contributed by atoms with Gasteiger partial charge in [-0.25, -0.2) is 4.79 Å². The second-order valence-electron chi connectivity index (χ2n) is 5.31. The maximum absolute atomic E-state index is 11.9. The first-order valence-electron chi connectivity index (χ1n) is 8.16. The molecule has 2 aromatic carbocycles. The first-order valence-corrected chi connectivity index (χ1v) is 8.16. The van der Waals surface area contributed by atoms with Crippen molar-refractivity contribution >= 4 is 29.5 Å². The van der Waals surface area contributed by atoms with Gasteiger partial charge in [0.2, 0.25) is 11.8 Å². The molecule has 0 heterocycles. The van der Waals surface area contributed by atoms with Gasteiger partial charge in [-0.2, -0.15) is 0 Å². The summed E-state index contributed by atoms with van der Waals surface area (Å²) >= 11 is 0. The lowest BCUT2D eigenvalue weighted by Gasteiger charge is -2.07. The Labute approximate surface area is 151 Å². The Bertz CT molecular complexity index is 800. The highest BCUT2D eigenvalue weighted by Gasteiger charge is 2.09. The van der Waals surface area contributed by atoms with Gasteiger partial charge in [0, 0.05) is 11.8 Å². The Morgan fingerprint density at radius 2 is 1.81 bits per heavy atom. The third-order valence-corrected chi connectivity index (χ3v) is 3.31. The molecule has 0 radical (unpaired) electrons. The molecule has 0 bridgehead atoms. The van der Waals surface area contributed by atoms with Crippen molar-refractivity contribution in [1.82, 2.24) is 5.32 Å². The SMILES string of the molecule is CCOC(=O)c1cccc(NC(=O)CNC(=O)/C=C/c2ccccc2)c1. The van der Waals surface area contributed by atoms with E-state index >= 15 is 0 Å². The van der Waals surface area contributed by atoms with Gasteiger partial charge >= 0.3 is 5.97 Å². The summed E-state index contributed by atoms with van der Waals surface area (Å²) in [6.45, 7) is 1.82. The summed E-state index contributed by atoms with van der Waals surface area (Å²) in [6.07, 6.45) is 3.03. The van der Waals surface area contributed by atoms with E-state index in [9.17, 15) is 14.4 Å². The molecule has 0 aliphatic heterocycles. The normalized spacial score (nSPS) is 10.3. The Morgan fingerprint density at radius 1 is 1.04 bits per heavy atom. The monoisotopic (exact) mass is 352 g/mol. The molecule has 0 unspecified atom stereocenters. The van der Waals surface area contributed by atoms with Gasteiger partial charge < -0.3 is 15.4 Å². The van der Waals surface area contributed by atoms with Crippen molar-refractivity contribution in [3.63, 3.8) is 0 Å². The molecule has 0 aliphatic rings. The maximum atomic E-state index is 11.9. The van der Waals surface area contributed by atoms with E-state index in [0.29, 0.717) is 11.3 Å². The van der Waals surface area contributed by atoms with Crippen LogP contribution in [0.4, 0.5) is 5.69 Å². The third kappa shape index (κ3) is 6.24. The van der Waals surface area contributed by atoms with Gasteiger partial charge in [-0.1, -0.05) is 36.4 Å². The molecule has 0 spiro atoms. The first-order chi connectivity index (χ1) is 12.6. The first kappa shape index (κ1) is 18.9. The lowest BCUT2D eigenvalue weighted by Crippen LogP contribution is -2.31. The lowest BCUT2D eigenvalue weighted by atomic mass is 10.2. The van der Waals surface area contributed by atoms with Crippen molar-refractivity contribution < 1.29 is 19.1 Å². The van der Waals surface area contributed by atoms with Gasteiger partial charge in [0.05, 0.1) is 18.7 Å². The molecular weight excluding hydrogens is 332 g/mol. The highest BCUT2D eigenvalue weighted by molar-refractivity contribution is 5.98. The van der Waals surface area contributed by atoms with Gasteiger partial charge in [-0.3, -0.25) is 9.59 Å². The van der Waals surface area contributed by atoms with Crippen LogP contribution in [0.2, 0.25) is 0 Å². The molecule has 2 aromatic rings. The fourth-order valence-electron chi connectivity index (χ4n) is 2.11. The fourth-order valence-corrected chi connectivity index (χ4v) is 2.11. The minimum atomic E-state index is -0.456. The molecule has 0 atom stereocenters. The van der Waals surface area contributed by atoms with E-state index < -0.39 is 11.9 Å². The fraction of sp³-hybridized carbons (Fsp3) is 0.150. The van der Waals surface area contributed by atoms with Crippen LogP contribution in [-0.4, -0.2) is 30.9 Å². The van der Waals surface area contributed by atoms with E-state index in [2.05, 4.69) is 10.6 Å². The van der Waals surface area contributed by atoms with Crippen LogP contribution in [0.25, 0.3) is 6.08 Å². The minimum absolute atomic E-state index is 0.179. The van der Waals surface area contributed by atoms with Crippen molar-refractivity contribution in [3.05, 3.63) is 71.8 Å². The number of esters is 1. The summed E-state index contributed by atoms with van der Waals surface area (Å²) < 4.78 is 4.91. The zero-order chi connectivity index (χ0) is 18.8. The van der Waals surface area contributed by atoms with Crippen LogP contribution in [0.5, 0.6) is 0 Å². The molecule has 26 heavy (non-hydrogen) atoms. The average molecular weight is 352 g/mol. The van der Waals surface area contributed by atoms with Crippen LogP contribution in [-0.2, 0) is 14.3 Å². The van der Waals surface area contributed by atoms with Gasteiger partial charge in [0.15, 0.2) is 0 Å². The van der Waals surface area contributed by atoms with Crippen LogP contribution < -0.4 is 10.6 Å². The molecule has 2 amide bonds. The second-order valence-corrected chi connectivity index (χ2v) is 5.31. The quantitative estimate of drug-likeness (QED) is 0.593. The van der Waals surface area contributed by atoms with Crippen molar-refractivity contribution in [2.75, 3.05) is 18.5 Å². The molecule has 0 saturated carbocycles. The predicted molar refractivity (Wildman–Crippen MR) is 99.5 cm³/mol. The molecule has 6 nitrogen and oxygen atoms in total. The Hall–Kier alpha value is -3.41. The number of carbonyl (C=O) groups excluding carboxylic acids is 3. The smallest absolute Gasteiger partial charge is 0.338 e. The number of hydrogen-bond donors (Lipinski definition) is 2. The molecule has 0 aliphatic carbocycles. The molecule has 0 saturated heterocycles. The summed E-state index contributed by atoms with van der Waals surface area (Å²) in [4.78, 5) is 35.4. The number of ether oxygens (including phenoxy) is 1. The minimum Gasteiger partial charge on any atom is -0.462 e. The maximum Gasteiger partial charge on any atom is 0.338 e. The molecule has 0 fully saturated rings. The van der Waals surface area contributed by atoms with Crippen molar-refractivity contribution in [2.24, 2.45) is 0 Å². The highest BCUT2D eigenvalue weighted by Crippen LogP contribution is 2.11. The Balaban J connectivity index is 1.83. The zero-order valence-corrected chi connectivity index (χ0v) is 14.4. The average Bonchev–Trinajstić information content (AvgIpc) is 2.66. The summed E-state index contributed by atoms with van der Waals surface area (Å²) in [7, 11) is 0. The van der Waals surface area contributed by atoms with Crippen LogP contribution in [0.15, 0.2) is 60.7 Å². The Kier molecular flexibility index (Phi) is 7.12. The number of anilines is 1. The Morgan fingerprint density at radius 3 is 2.54 bits per heavy atom. The van der Waals surface area contributed by atoms with E-state index in [0.717, 1.165) is 5.56 Å². The molecule has 134 valence electrons. The van der Waals surface area contributed by atoms with E-state index in [-0.39, 0.29) is 19.1 Å². The van der Waals surface area contributed by atoms with Crippen LogP contribution >= 0.6 is 0 Å². The molecule has 0 aromatic heterocycles. The lowest BCUT2D eigenvalue weighted by molar-refractivity contribution is -0.121. The largest absolute Gasteiger partial charge is 0.462 e. The second kappa shape index (κ2) is 9.78. The summed E-state index contributed by atoms with van der Waals surface area (Å²) in [6, 6.07) is 15.8. The number of rotatable bonds is 7. The van der Waals surface area contributed by atoms with Crippen LogP contribution in [0.1, 0.15) is 22.8 Å². The number of nitrogens with one attached hydrogen (secondary N) is 2. The summed E-state index contributed by atoms with van der Waals surface area (Å²) in [5.74, 6) is -1.22. The van der Waals surface area contributed by atoms with E-state index in [1.165, 1.54) is 12.1 Å². The van der Waals surface area contributed by atoms with Crippen LogP contribution in [0, 0.1) is 0 Å². The summed E-state index contributed by atoms with van der Waals surface area (Å²) in [5, 5.41) is 5.12. The topological polar surface area (TPSA) is 84.5 Å².